The van der Waals surface area contributed by atoms with E-state index in [4.69, 9.17) is 0 Å². The zero-order valence-electron chi connectivity index (χ0n) is 19.7. The molecule has 1 N–H and O–H groups in total. The molecule has 7 nitrogen and oxygen atoms in total. The zero-order chi connectivity index (χ0) is 24.1. The second kappa shape index (κ2) is 10.7. The van der Waals surface area contributed by atoms with Crippen LogP contribution < -0.4 is 5.32 Å². The summed E-state index contributed by atoms with van der Waals surface area (Å²) in [5.41, 5.74) is 2.08. The van der Waals surface area contributed by atoms with Crippen LogP contribution in [0.15, 0.2) is 59.5 Å². The molecule has 2 heterocycles. The van der Waals surface area contributed by atoms with Crippen molar-refractivity contribution in [3.8, 4) is 0 Å². The maximum Gasteiger partial charge on any atom is 0.243 e. The van der Waals surface area contributed by atoms with Gasteiger partial charge in [0.25, 0.3) is 0 Å². The van der Waals surface area contributed by atoms with E-state index >= 15 is 0 Å². The lowest BCUT2D eigenvalue weighted by atomic mass is 9.92. The average molecular weight is 484 g/mol. The van der Waals surface area contributed by atoms with Crippen molar-refractivity contribution in [2.24, 2.45) is 11.8 Å². The first kappa shape index (κ1) is 24.4. The van der Waals surface area contributed by atoms with E-state index in [0.29, 0.717) is 63.3 Å². The van der Waals surface area contributed by atoms with Gasteiger partial charge in [-0.1, -0.05) is 48.0 Å². The summed E-state index contributed by atoms with van der Waals surface area (Å²) < 4.78 is 27.3. The minimum Gasteiger partial charge on any atom is -0.352 e. The van der Waals surface area contributed by atoms with Gasteiger partial charge in [0.15, 0.2) is 0 Å². The largest absolute Gasteiger partial charge is 0.352 e. The molecule has 182 valence electrons. The molecular weight excluding hydrogens is 450 g/mol. The highest BCUT2D eigenvalue weighted by molar-refractivity contribution is 7.89. The number of nitrogens with one attached hydrogen (secondary N) is 1. The first-order chi connectivity index (χ1) is 16.3. The van der Waals surface area contributed by atoms with E-state index in [1.54, 1.807) is 24.3 Å². The summed E-state index contributed by atoms with van der Waals surface area (Å²) in [6, 6.07) is 16.7. The molecule has 0 spiro atoms. The number of hydrogen-bond acceptors (Lipinski definition) is 4. The number of aryl methyl sites for hydroxylation is 1. The highest BCUT2D eigenvalue weighted by Gasteiger charge is 2.35. The third-order valence-electron chi connectivity index (χ3n) is 6.95. The van der Waals surface area contributed by atoms with Crippen LogP contribution in [-0.4, -0.2) is 55.6 Å². The van der Waals surface area contributed by atoms with E-state index in [0.717, 1.165) is 11.1 Å². The Morgan fingerprint density at radius 2 is 1.44 bits per heavy atom. The molecule has 0 aromatic heterocycles. The molecular formula is C26H33N3O4S. The minimum absolute atomic E-state index is 0.0468. The van der Waals surface area contributed by atoms with Crippen molar-refractivity contribution in [1.29, 1.82) is 0 Å². The predicted octanol–water partition coefficient (Wildman–Crippen LogP) is 2.95. The first-order valence-corrected chi connectivity index (χ1v) is 13.5. The summed E-state index contributed by atoms with van der Waals surface area (Å²) in [5.74, 6) is -0.0942. The molecule has 34 heavy (non-hydrogen) atoms. The molecule has 2 amide bonds. The summed E-state index contributed by atoms with van der Waals surface area (Å²) in [4.78, 5) is 27.8. The molecule has 2 aliphatic rings. The zero-order valence-corrected chi connectivity index (χ0v) is 20.5. The van der Waals surface area contributed by atoms with Crippen LogP contribution in [0.5, 0.6) is 0 Å². The molecule has 2 aliphatic heterocycles. The van der Waals surface area contributed by atoms with Gasteiger partial charge in [0, 0.05) is 44.6 Å². The third-order valence-corrected chi connectivity index (χ3v) is 8.86. The van der Waals surface area contributed by atoms with Crippen LogP contribution in [0.25, 0.3) is 0 Å². The van der Waals surface area contributed by atoms with Gasteiger partial charge in [0.2, 0.25) is 21.8 Å². The summed E-state index contributed by atoms with van der Waals surface area (Å²) >= 11 is 0. The smallest absolute Gasteiger partial charge is 0.243 e. The molecule has 2 aromatic carbocycles. The number of carbonyl (C=O) groups is 2. The lowest BCUT2D eigenvalue weighted by molar-refractivity contribution is -0.140. The predicted molar refractivity (Wildman–Crippen MR) is 130 cm³/mol. The molecule has 0 aliphatic carbocycles. The van der Waals surface area contributed by atoms with Crippen molar-refractivity contribution in [2.75, 3.05) is 26.2 Å². The highest BCUT2D eigenvalue weighted by atomic mass is 32.2. The molecule has 2 fully saturated rings. The van der Waals surface area contributed by atoms with Gasteiger partial charge in [0.1, 0.15) is 0 Å². The second-order valence-electron chi connectivity index (χ2n) is 9.29. The molecule has 2 saturated heterocycles. The summed E-state index contributed by atoms with van der Waals surface area (Å²) in [6.07, 6.45) is 2.38. The number of carbonyl (C=O) groups excluding carboxylic acids is 2. The average Bonchev–Trinajstić information content (AvgIpc) is 2.88. The van der Waals surface area contributed by atoms with Crippen molar-refractivity contribution >= 4 is 21.8 Å². The number of nitrogens with zero attached hydrogens (tertiary/aromatic N) is 2. The quantitative estimate of drug-likeness (QED) is 0.685. The second-order valence-corrected chi connectivity index (χ2v) is 11.2. The fourth-order valence-corrected chi connectivity index (χ4v) is 6.22. The molecule has 0 bridgehead atoms. The lowest BCUT2D eigenvalue weighted by Gasteiger charge is -2.36. The van der Waals surface area contributed by atoms with Crippen molar-refractivity contribution in [3.05, 3.63) is 65.7 Å². The van der Waals surface area contributed by atoms with Crippen molar-refractivity contribution < 1.29 is 18.0 Å². The molecule has 8 heteroatoms. The van der Waals surface area contributed by atoms with Gasteiger partial charge in [-0.3, -0.25) is 9.59 Å². The fraction of sp³-hybridized carbons (Fsp3) is 0.462. The normalized spacial score (nSPS) is 18.6. The van der Waals surface area contributed by atoms with Gasteiger partial charge < -0.3 is 10.2 Å². The number of rotatable bonds is 6. The van der Waals surface area contributed by atoms with Crippen molar-refractivity contribution in [3.63, 3.8) is 0 Å². The highest BCUT2D eigenvalue weighted by Crippen LogP contribution is 2.27. The van der Waals surface area contributed by atoms with E-state index in [1.165, 1.54) is 4.31 Å². The van der Waals surface area contributed by atoms with Crippen molar-refractivity contribution in [1.82, 2.24) is 14.5 Å². The Hall–Kier alpha value is -2.71. The summed E-state index contributed by atoms with van der Waals surface area (Å²) in [6.45, 7) is 4.29. The maximum atomic E-state index is 13.1. The topological polar surface area (TPSA) is 86.8 Å². The molecule has 0 saturated carbocycles. The Morgan fingerprint density at radius 3 is 2.06 bits per heavy atom. The van der Waals surface area contributed by atoms with Gasteiger partial charge in [-0.15, -0.1) is 0 Å². The SMILES string of the molecule is Cc1ccc(S(=O)(=O)N2CCC(C(=O)N3CCC(C(=O)NCc4ccccc4)CC3)CC2)cc1. The van der Waals surface area contributed by atoms with Crippen LogP contribution in [0, 0.1) is 18.8 Å². The van der Waals surface area contributed by atoms with Gasteiger partial charge in [-0.2, -0.15) is 4.31 Å². The number of hydrogen-bond donors (Lipinski definition) is 1. The fourth-order valence-electron chi connectivity index (χ4n) is 4.75. The van der Waals surface area contributed by atoms with Crippen LogP contribution in [0.4, 0.5) is 0 Å². The van der Waals surface area contributed by atoms with E-state index in [1.807, 2.05) is 42.2 Å². The Labute approximate surface area is 202 Å². The minimum atomic E-state index is -3.53. The molecule has 0 radical (unpaired) electrons. The monoisotopic (exact) mass is 483 g/mol. The molecule has 4 rings (SSSR count). The van der Waals surface area contributed by atoms with Crippen molar-refractivity contribution in [2.45, 2.75) is 44.0 Å². The van der Waals surface area contributed by atoms with E-state index in [-0.39, 0.29) is 23.7 Å². The molecule has 2 aromatic rings. The number of likely N-dealkylation sites (tertiary alicyclic amines) is 1. The maximum absolute atomic E-state index is 13.1. The van der Waals surface area contributed by atoms with Crippen LogP contribution in [0.3, 0.4) is 0 Å². The van der Waals surface area contributed by atoms with Crippen LogP contribution in [0.1, 0.15) is 36.8 Å². The van der Waals surface area contributed by atoms with Crippen LogP contribution in [-0.2, 0) is 26.2 Å². The lowest BCUT2D eigenvalue weighted by Crippen LogP contribution is -2.48. The number of piperidine rings is 2. The van der Waals surface area contributed by atoms with Gasteiger partial charge in [-0.25, -0.2) is 8.42 Å². The molecule has 0 unspecified atom stereocenters. The number of benzene rings is 2. The van der Waals surface area contributed by atoms with E-state index < -0.39 is 10.0 Å². The standard InChI is InChI=1S/C26H33N3O4S/c1-20-7-9-24(10-8-20)34(32,33)29-17-13-23(14-18-29)26(31)28-15-11-22(12-16-28)25(30)27-19-21-5-3-2-4-6-21/h2-10,22-23H,11-19H2,1H3,(H,27,30). The summed E-state index contributed by atoms with van der Waals surface area (Å²) in [5, 5.41) is 3.01. The Kier molecular flexibility index (Phi) is 7.68. The van der Waals surface area contributed by atoms with E-state index in [2.05, 4.69) is 5.32 Å². The Bertz CT molecular complexity index is 1090. The van der Waals surface area contributed by atoms with Gasteiger partial charge in [0.05, 0.1) is 4.90 Å². The van der Waals surface area contributed by atoms with Gasteiger partial charge >= 0.3 is 0 Å². The summed E-state index contributed by atoms with van der Waals surface area (Å²) in [7, 11) is -3.53. The van der Waals surface area contributed by atoms with Crippen LogP contribution in [0.2, 0.25) is 0 Å². The third kappa shape index (κ3) is 5.67. The first-order valence-electron chi connectivity index (χ1n) is 12.0. The van der Waals surface area contributed by atoms with E-state index in [9.17, 15) is 18.0 Å². The number of amides is 2. The Balaban J connectivity index is 1.23. The van der Waals surface area contributed by atoms with Gasteiger partial charge in [-0.05, 0) is 50.3 Å². The molecule has 0 atom stereocenters. The Morgan fingerprint density at radius 1 is 0.853 bits per heavy atom. The van der Waals surface area contributed by atoms with Crippen LogP contribution >= 0.6 is 0 Å². The number of sulfonamides is 1.